The molecular weight excluding hydrogens is 455 g/mol. The lowest BCUT2D eigenvalue weighted by Crippen LogP contribution is -2.55. The van der Waals surface area contributed by atoms with Crippen LogP contribution in [0.25, 0.3) is 11.4 Å². The molecule has 7 nitrogen and oxygen atoms in total. The zero-order chi connectivity index (χ0) is 24.0. The molecule has 0 bridgehead atoms. The van der Waals surface area contributed by atoms with Gasteiger partial charge in [0.1, 0.15) is 5.71 Å². The second-order valence-electron chi connectivity index (χ2n) is 9.08. The summed E-state index contributed by atoms with van der Waals surface area (Å²) in [5, 5.41) is 5.16. The zero-order valence-electron chi connectivity index (χ0n) is 18.9. The second-order valence-corrected chi connectivity index (χ2v) is 10.1. The van der Waals surface area contributed by atoms with E-state index in [1.54, 1.807) is 17.6 Å². The molecule has 0 N–H and O–H groups in total. The van der Waals surface area contributed by atoms with Crippen molar-refractivity contribution in [3.05, 3.63) is 77.3 Å². The first kappa shape index (κ1) is 22.2. The number of amides is 3. The maximum atomic E-state index is 14.5. The number of carbonyl (C=O) groups excluding carboxylic acids is 2. The molecule has 2 aromatic carbocycles. The van der Waals surface area contributed by atoms with Crippen LogP contribution in [0.5, 0.6) is 0 Å². The predicted molar refractivity (Wildman–Crippen MR) is 127 cm³/mol. The molecule has 0 spiro atoms. The average Bonchev–Trinajstić information content (AvgIpc) is 3.48. The molecular formula is C25H22FN4O3S+. The van der Waals surface area contributed by atoms with Gasteiger partial charge in [-0.25, -0.2) is 9.18 Å². The van der Waals surface area contributed by atoms with Crippen molar-refractivity contribution in [1.29, 1.82) is 0 Å². The fourth-order valence-corrected chi connectivity index (χ4v) is 4.85. The van der Waals surface area contributed by atoms with E-state index in [-0.39, 0.29) is 23.5 Å². The van der Waals surface area contributed by atoms with E-state index in [2.05, 4.69) is 30.9 Å². The van der Waals surface area contributed by atoms with Gasteiger partial charge in [0.2, 0.25) is 5.82 Å². The Kier molecular flexibility index (Phi) is 5.44. The van der Waals surface area contributed by atoms with E-state index < -0.39 is 23.0 Å². The maximum absolute atomic E-state index is 14.5. The van der Waals surface area contributed by atoms with Crippen LogP contribution in [0.4, 0.5) is 14.9 Å². The van der Waals surface area contributed by atoms with Crippen molar-refractivity contribution >= 4 is 35.1 Å². The predicted octanol–water partition coefficient (Wildman–Crippen LogP) is 4.92. The normalized spacial score (nSPS) is 18.1. The van der Waals surface area contributed by atoms with Crippen molar-refractivity contribution in [2.45, 2.75) is 38.0 Å². The van der Waals surface area contributed by atoms with Gasteiger partial charge in [0, 0.05) is 5.56 Å². The van der Waals surface area contributed by atoms with Gasteiger partial charge in [-0.1, -0.05) is 62.3 Å². The number of hydrogen-bond acceptors (Lipinski definition) is 6. The first-order valence-corrected chi connectivity index (χ1v) is 11.7. The monoisotopic (exact) mass is 477 g/mol. The van der Waals surface area contributed by atoms with Crippen molar-refractivity contribution in [3.63, 3.8) is 0 Å². The quantitative estimate of drug-likeness (QED) is 0.496. The molecule has 1 unspecified atom stereocenters. The largest absolute Gasteiger partial charge is 0.506 e. The van der Waals surface area contributed by atoms with Crippen LogP contribution in [0.15, 0.2) is 64.5 Å². The maximum Gasteiger partial charge on any atom is 0.506 e. The van der Waals surface area contributed by atoms with Gasteiger partial charge < -0.3 is 4.52 Å². The van der Waals surface area contributed by atoms with Crippen LogP contribution in [0.1, 0.15) is 32.2 Å². The first-order valence-electron chi connectivity index (χ1n) is 10.8. The minimum atomic E-state index is -0.664. The third kappa shape index (κ3) is 3.86. The van der Waals surface area contributed by atoms with Gasteiger partial charge in [-0.3, -0.25) is 0 Å². The van der Waals surface area contributed by atoms with Gasteiger partial charge in [-0.15, -0.1) is 16.7 Å². The highest BCUT2D eigenvalue weighted by molar-refractivity contribution is 8.04. The van der Waals surface area contributed by atoms with Crippen LogP contribution in [-0.2, 0) is 16.8 Å². The van der Waals surface area contributed by atoms with Crippen molar-refractivity contribution < 1.29 is 23.1 Å². The molecule has 0 radical (unpaired) electrons. The molecule has 5 rings (SSSR count). The number of halogens is 1. The number of thioether (sulfide) groups is 1. The Hall–Kier alpha value is -3.59. The Bertz CT molecular complexity index is 1350. The number of para-hydroxylation sites is 1. The molecule has 3 aromatic rings. The number of urea groups is 1. The summed E-state index contributed by atoms with van der Waals surface area (Å²) < 4.78 is 21.3. The highest BCUT2D eigenvalue weighted by Crippen LogP contribution is 2.32. The van der Waals surface area contributed by atoms with Gasteiger partial charge in [-0.2, -0.15) is 14.4 Å². The van der Waals surface area contributed by atoms with E-state index in [9.17, 15) is 14.0 Å². The number of nitrogens with zero attached hydrogens (tertiary/aromatic N) is 4. The molecule has 0 fully saturated rings. The summed E-state index contributed by atoms with van der Waals surface area (Å²) in [6, 6.07) is 13.0. The molecule has 0 saturated heterocycles. The Labute approximate surface area is 200 Å². The smallest absolute Gasteiger partial charge is 0.335 e. The first-order chi connectivity index (χ1) is 16.2. The van der Waals surface area contributed by atoms with Crippen LogP contribution in [0, 0.1) is 5.82 Å². The van der Waals surface area contributed by atoms with Crippen LogP contribution < -0.4 is 4.90 Å². The number of benzene rings is 2. The Balaban J connectivity index is 1.46. The fraction of sp³-hybridized carbons (Fsp3) is 0.240. The van der Waals surface area contributed by atoms with E-state index in [0.717, 1.165) is 10.5 Å². The lowest BCUT2D eigenvalue weighted by molar-refractivity contribution is -0.448. The molecule has 0 saturated carbocycles. The van der Waals surface area contributed by atoms with Gasteiger partial charge >= 0.3 is 11.9 Å². The van der Waals surface area contributed by atoms with Gasteiger partial charge in [0.25, 0.3) is 5.89 Å². The third-order valence-corrected chi connectivity index (χ3v) is 6.77. The van der Waals surface area contributed by atoms with E-state index in [1.165, 1.54) is 40.1 Å². The van der Waals surface area contributed by atoms with E-state index in [4.69, 9.17) is 4.52 Å². The summed E-state index contributed by atoms with van der Waals surface area (Å²) in [6.07, 6.45) is 1.71. The Morgan fingerprint density at radius 2 is 1.85 bits per heavy atom. The van der Waals surface area contributed by atoms with Crippen molar-refractivity contribution in [1.82, 2.24) is 10.1 Å². The summed E-state index contributed by atoms with van der Waals surface area (Å²) in [7, 11) is 0. The topological polar surface area (TPSA) is 79.3 Å². The SMILES string of the molecule is CC(C)(C)c1ccc(-c2noc(C[N+]3=C4C=CSC4C(=O)N(c4ccccc4F)C3=O)n2)cc1. The number of imide groups is 1. The molecule has 3 heterocycles. The molecule has 9 heteroatoms. The molecule has 172 valence electrons. The minimum Gasteiger partial charge on any atom is -0.335 e. The number of aromatic nitrogens is 2. The molecule has 3 amide bonds. The highest BCUT2D eigenvalue weighted by atomic mass is 32.2. The number of rotatable bonds is 4. The Morgan fingerprint density at radius 1 is 1.12 bits per heavy atom. The van der Waals surface area contributed by atoms with Crippen LogP contribution >= 0.6 is 11.8 Å². The minimum absolute atomic E-state index is 0.0255. The number of anilines is 1. The van der Waals surface area contributed by atoms with Crippen LogP contribution in [0.3, 0.4) is 0 Å². The summed E-state index contributed by atoms with van der Waals surface area (Å²) >= 11 is 1.27. The standard InChI is InChI=1S/C25H22FN4O3S/c1-25(2,3)16-10-8-15(9-11-16)22-27-20(33-28-22)14-29-19-12-13-34-21(19)23(31)30(24(29)32)18-7-5-4-6-17(18)26/h4-13,21H,14H2,1-3H3/q+1. The van der Waals surface area contributed by atoms with Crippen molar-refractivity contribution in [3.8, 4) is 11.4 Å². The van der Waals surface area contributed by atoms with Gasteiger partial charge in [0.05, 0.1) is 0 Å². The molecule has 2 aliphatic heterocycles. The van der Waals surface area contributed by atoms with E-state index >= 15 is 0 Å². The number of hydrogen-bond donors (Lipinski definition) is 0. The molecule has 0 aliphatic carbocycles. The molecule has 1 atom stereocenters. The number of fused-ring (bicyclic) bond motifs is 1. The second kappa shape index (κ2) is 8.32. The fourth-order valence-electron chi connectivity index (χ4n) is 3.91. The van der Waals surface area contributed by atoms with Gasteiger partial charge in [-0.05, 0) is 34.6 Å². The Morgan fingerprint density at radius 3 is 2.56 bits per heavy atom. The van der Waals surface area contributed by atoms with Crippen molar-refractivity contribution in [2.24, 2.45) is 0 Å². The summed E-state index contributed by atoms with van der Waals surface area (Å²) in [5.41, 5.74) is 2.43. The molecule has 1 aromatic heterocycles. The summed E-state index contributed by atoms with van der Waals surface area (Å²) in [4.78, 5) is 31.7. The molecule has 2 aliphatic rings. The summed E-state index contributed by atoms with van der Waals surface area (Å²) in [6.45, 7) is 6.38. The average molecular weight is 478 g/mol. The summed E-state index contributed by atoms with van der Waals surface area (Å²) in [5.74, 6) is -0.522. The number of allylic oxidation sites excluding steroid dienone is 1. The lowest BCUT2D eigenvalue weighted by Gasteiger charge is -2.23. The van der Waals surface area contributed by atoms with Crippen molar-refractivity contribution in [2.75, 3.05) is 4.90 Å². The van der Waals surface area contributed by atoms with Gasteiger partial charge in [0.15, 0.2) is 23.3 Å². The number of carbonyl (C=O) groups is 2. The third-order valence-electron chi connectivity index (χ3n) is 5.76. The highest BCUT2D eigenvalue weighted by Gasteiger charge is 2.51. The van der Waals surface area contributed by atoms with Crippen LogP contribution in [-0.4, -0.2) is 37.6 Å². The van der Waals surface area contributed by atoms with E-state index in [1.807, 2.05) is 24.3 Å². The molecule has 34 heavy (non-hydrogen) atoms. The van der Waals surface area contributed by atoms with Crippen LogP contribution in [0.2, 0.25) is 0 Å². The van der Waals surface area contributed by atoms with E-state index in [0.29, 0.717) is 11.5 Å². The lowest BCUT2D eigenvalue weighted by atomic mass is 9.87. The zero-order valence-corrected chi connectivity index (χ0v) is 19.7.